The molecule has 0 fully saturated rings. The van der Waals surface area contributed by atoms with Crippen LogP contribution in [0.1, 0.15) is 42.2 Å². The summed E-state index contributed by atoms with van der Waals surface area (Å²) in [6, 6.07) is 6.76. The lowest BCUT2D eigenvalue weighted by molar-refractivity contribution is 0.0697. The fourth-order valence-corrected chi connectivity index (χ4v) is 1.43. The monoisotopic (exact) mass is 207 g/mol. The molecule has 2 atom stereocenters. The number of hydrogen-bond donors (Lipinski definition) is 2. The van der Waals surface area contributed by atoms with Gasteiger partial charge in [-0.2, -0.15) is 0 Å². The van der Waals surface area contributed by atoms with Gasteiger partial charge >= 0.3 is 5.97 Å². The van der Waals surface area contributed by atoms with Gasteiger partial charge < -0.3 is 10.8 Å². The number of nitrogens with two attached hydrogens (primary N) is 1. The topological polar surface area (TPSA) is 63.3 Å². The van der Waals surface area contributed by atoms with Crippen LogP contribution in [-0.2, 0) is 0 Å². The van der Waals surface area contributed by atoms with Gasteiger partial charge in [-0.1, -0.05) is 32.4 Å². The summed E-state index contributed by atoms with van der Waals surface area (Å²) >= 11 is 0. The zero-order valence-corrected chi connectivity index (χ0v) is 9.10. The molecular weight excluding hydrogens is 190 g/mol. The molecule has 1 unspecified atom stereocenters. The van der Waals surface area contributed by atoms with Crippen molar-refractivity contribution in [3.63, 3.8) is 0 Å². The molecule has 3 nitrogen and oxygen atoms in total. The molecule has 82 valence electrons. The van der Waals surface area contributed by atoms with E-state index in [-0.39, 0.29) is 6.04 Å². The molecule has 0 spiro atoms. The molecule has 1 rings (SSSR count). The van der Waals surface area contributed by atoms with Crippen molar-refractivity contribution in [1.82, 2.24) is 0 Å². The van der Waals surface area contributed by atoms with Gasteiger partial charge in [-0.25, -0.2) is 4.79 Å². The molecule has 0 radical (unpaired) electrons. The summed E-state index contributed by atoms with van der Waals surface area (Å²) in [7, 11) is 0. The standard InChI is InChI=1S/C12H17NO2/c1-3-8(2)11(13)9-4-6-10(7-5-9)12(14)15/h4-8,11H,3,13H2,1-2H3,(H,14,15)/t8?,11-/m0/s1. The second-order valence-corrected chi connectivity index (χ2v) is 3.84. The Morgan fingerprint density at radius 2 is 1.93 bits per heavy atom. The van der Waals surface area contributed by atoms with Crippen LogP contribution in [0.25, 0.3) is 0 Å². The van der Waals surface area contributed by atoms with E-state index in [1.165, 1.54) is 0 Å². The van der Waals surface area contributed by atoms with E-state index in [1.807, 2.05) is 0 Å². The maximum Gasteiger partial charge on any atom is 0.335 e. The van der Waals surface area contributed by atoms with Crippen molar-refractivity contribution < 1.29 is 9.90 Å². The molecule has 0 aliphatic heterocycles. The predicted octanol–water partition coefficient (Wildman–Crippen LogP) is 2.43. The van der Waals surface area contributed by atoms with Crippen molar-refractivity contribution in [3.05, 3.63) is 35.4 Å². The molecule has 0 aromatic heterocycles. The number of carboxylic acid groups (broad SMARTS) is 1. The summed E-state index contributed by atoms with van der Waals surface area (Å²) in [4.78, 5) is 10.6. The van der Waals surface area contributed by atoms with E-state index in [1.54, 1.807) is 24.3 Å². The van der Waals surface area contributed by atoms with E-state index in [2.05, 4.69) is 13.8 Å². The molecule has 0 saturated carbocycles. The second kappa shape index (κ2) is 4.94. The van der Waals surface area contributed by atoms with Gasteiger partial charge in [0.25, 0.3) is 0 Å². The highest BCUT2D eigenvalue weighted by atomic mass is 16.4. The maximum absolute atomic E-state index is 10.6. The minimum absolute atomic E-state index is 0.0159. The Morgan fingerprint density at radius 3 is 2.33 bits per heavy atom. The molecule has 1 aromatic carbocycles. The van der Waals surface area contributed by atoms with Crippen molar-refractivity contribution in [2.24, 2.45) is 11.7 Å². The highest BCUT2D eigenvalue weighted by molar-refractivity contribution is 5.87. The minimum atomic E-state index is -0.904. The van der Waals surface area contributed by atoms with Gasteiger partial charge in [-0.05, 0) is 23.6 Å². The second-order valence-electron chi connectivity index (χ2n) is 3.84. The highest BCUT2D eigenvalue weighted by Crippen LogP contribution is 2.21. The number of rotatable bonds is 4. The summed E-state index contributed by atoms with van der Waals surface area (Å²) in [5, 5.41) is 8.74. The number of benzene rings is 1. The van der Waals surface area contributed by atoms with Crippen LogP contribution in [0.5, 0.6) is 0 Å². The summed E-state index contributed by atoms with van der Waals surface area (Å²) in [5.41, 5.74) is 7.32. The molecule has 1 aromatic rings. The third-order valence-electron chi connectivity index (χ3n) is 2.80. The molecule has 0 bridgehead atoms. The first-order chi connectivity index (χ1) is 7.06. The van der Waals surface area contributed by atoms with Crippen LogP contribution in [-0.4, -0.2) is 11.1 Å². The van der Waals surface area contributed by atoms with Crippen molar-refractivity contribution in [2.45, 2.75) is 26.3 Å². The van der Waals surface area contributed by atoms with Gasteiger partial charge in [0.2, 0.25) is 0 Å². The Labute approximate surface area is 89.9 Å². The van der Waals surface area contributed by atoms with Gasteiger partial charge in [0.1, 0.15) is 0 Å². The number of carboxylic acids is 1. The first-order valence-electron chi connectivity index (χ1n) is 5.15. The Morgan fingerprint density at radius 1 is 1.40 bits per heavy atom. The lowest BCUT2D eigenvalue weighted by Crippen LogP contribution is -2.18. The van der Waals surface area contributed by atoms with Crippen LogP contribution in [0.3, 0.4) is 0 Å². The molecule has 0 aliphatic rings. The third kappa shape index (κ3) is 2.80. The zero-order chi connectivity index (χ0) is 11.4. The van der Waals surface area contributed by atoms with Crippen LogP contribution in [0, 0.1) is 5.92 Å². The first-order valence-corrected chi connectivity index (χ1v) is 5.15. The summed E-state index contributed by atoms with van der Waals surface area (Å²) < 4.78 is 0. The third-order valence-corrected chi connectivity index (χ3v) is 2.80. The summed E-state index contributed by atoms with van der Waals surface area (Å²) in [6.07, 6.45) is 1.02. The number of hydrogen-bond acceptors (Lipinski definition) is 2. The average molecular weight is 207 g/mol. The van der Waals surface area contributed by atoms with Crippen LogP contribution in [0.2, 0.25) is 0 Å². The fourth-order valence-electron chi connectivity index (χ4n) is 1.43. The van der Waals surface area contributed by atoms with Gasteiger partial charge in [0.15, 0.2) is 0 Å². The van der Waals surface area contributed by atoms with Gasteiger partial charge in [0.05, 0.1) is 5.56 Å². The number of aromatic carboxylic acids is 1. The van der Waals surface area contributed by atoms with E-state index in [9.17, 15) is 4.79 Å². The van der Waals surface area contributed by atoms with E-state index >= 15 is 0 Å². The predicted molar refractivity (Wildman–Crippen MR) is 59.8 cm³/mol. The van der Waals surface area contributed by atoms with Gasteiger partial charge in [-0.3, -0.25) is 0 Å². The van der Waals surface area contributed by atoms with E-state index in [0.717, 1.165) is 12.0 Å². The Hall–Kier alpha value is -1.35. The fraction of sp³-hybridized carbons (Fsp3) is 0.417. The highest BCUT2D eigenvalue weighted by Gasteiger charge is 2.13. The van der Waals surface area contributed by atoms with E-state index in [0.29, 0.717) is 11.5 Å². The van der Waals surface area contributed by atoms with Gasteiger partial charge in [0, 0.05) is 6.04 Å². The van der Waals surface area contributed by atoms with Crippen LogP contribution < -0.4 is 5.73 Å². The Bertz CT molecular complexity index is 332. The molecule has 3 heteroatoms. The molecular formula is C12H17NO2. The lowest BCUT2D eigenvalue weighted by atomic mass is 9.93. The van der Waals surface area contributed by atoms with Crippen molar-refractivity contribution in [3.8, 4) is 0 Å². The molecule has 0 heterocycles. The molecule has 0 amide bonds. The minimum Gasteiger partial charge on any atom is -0.478 e. The van der Waals surface area contributed by atoms with Crippen molar-refractivity contribution >= 4 is 5.97 Å². The molecule has 3 N–H and O–H groups in total. The first kappa shape index (κ1) is 11.7. The molecule has 0 saturated heterocycles. The van der Waals surface area contributed by atoms with Crippen LogP contribution >= 0.6 is 0 Å². The summed E-state index contributed by atoms with van der Waals surface area (Å²) in [6.45, 7) is 4.19. The largest absolute Gasteiger partial charge is 0.478 e. The van der Waals surface area contributed by atoms with Crippen molar-refractivity contribution in [2.75, 3.05) is 0 Å². The Balaban J connectivity index is 2.84. The van der Waals surface area contributed by atoms with Gasteiger partial charge in [-0.15, -0.1) is 0 Å². The average Bonchev–Trinajstić information content (AvgIpc) is 2.27. The van der Waals surface area contributed by atoms with E-state index in [4.69, 9.17) is 10.8 Å². The maximum atomic E-state index is 10.6. The Kier molecular flexibility index (Phi) is 3.86. The quantitative estimate of drug-likeness (QED) is 0.797. The SMILES string of the molecule is CCC(C)[C@H](N)c1ccc(C(=O)O)cc1. The van der Waals surface area contributed by atoms with E-state index < -0.39 is 5.97 Å². The summed E-state index contributed by atoms with van der Waals surface area (Å²) in [5.74, 6) is -0.501. The zero-order valence-electron chi connectivity index (χ0n) is 9.10. The smallest absolute Gasteiger partial charge is 0.335 e. The molecule has 15 heavy (non-hydrogen) atoms. The van der Waals surface area contributed by atoms with Crippen LogP contribution in [0.4, 0.5) is 0 Å². The van der Waals surface area contributed by atoms with Crippen LogP contribution in [0.15, 0.2) is 24.3 Å². The number of carbonyl (C=O) groups is 1. The normalized spacial score (nSPS) is 14.6. The molecule has 0 aliphatic carbocycles. The lowest BCUT2D eigenvalue weighted by Gasteiger charge is -2.18. The van der Waals surface area contributed by atoms with Crippen molar-refractivity contribution in [1.29, 1.82) is 0 Å².